The Kier molecular flexibility index (Phi) is 6.55. The van der Waals surface area contributed by atoms with Crippen molar-refractivity contribution in [2.45, 2.75) is 59.9 Å². The van der Waals surface area contributed by atoms with Crippen LogP contribution in [0.15, 0.2) is 11.6 Å². The van der Waals surface area contributed by atoms with E-state index in [1.807, 2.05) is 0 Å². The lowest BCUT2D eigenvalue weighted by Gasteiger charge is -2.41. The summed E-state index contributed by atoms with van der Waals surface area (Å²) in [5.41, 5.74) is 2.36. The fourth-order valence-electron chi connectivity index (χ4n) is 4.39. The lowest BCUT2D eigenvalue weighted by Crippen LogP contribution is -2.48. The van der Waals surface area contributed by atoms with Crippen molar-refractivity contribution in [3.8, 4) is 0 Å². The van der Waals surface area contributed by atoms with Crippen LogP contribution in [-0.4, -0.2) is 74.1 Å². The van der Waals surface area contributed by atoms with Gasteiger partial charge in [-0.2, -0.15) is 0 Å². The minimum absolute atomic E-state index is 0.346. The summed E-state index contributed by atoms with van der Waals surface area (Å²) in [6, 6.07) is 0.785. The molecule has 24 heavy (non-hydrogen) atoms. The van der Waals surface area contributed by atoms with Gasteiger partial charge in [-0.3, -0.25) is 4.90 Å². The molecule has 0 saturated carbocycles. The molecule has 140 valence electrons. The quantitative estimate of drug-likeness (QED) is 0.709. The predicted octanol–water partition coefficient (Wildman–Crippen LogP) is 3.72. The van der Waals surface area contributed by atoms with E-state index in [9.17, 15) is 0 Å². The SMILES string of the molecule is CN(C)C1CCN(CC(C)(C)CN2CC=C(C(C)(C)C)CC2)CC1. The molecule has 2 heterocycles. The van der Waals surface area contributed by atoms with Crippen LogP contribution in [0.2, 0.25) is 0 Å². The molecule has 2 aliphatic heterocycles. The summed E-state index contributed by atoms with van der Waals surface area (Å²) < 4.78 is 0. The molecule has 0 bridgehead atoms. The molecular weight excluding hydrogens is 294 g/mol. The molecule has 0 aromatic carbocycles. The van der Waals surface area contributed by atoms with Gasteiger partial charge in [0, 0.05) is 32.2 Å². The maximum absolute atomic E-state index is 2.69. The van der Waals surface area contributed by atoms with Crippen molar-refractivity contribution in [3.05, 3.63) is 11.6 Å². The van der Waals surface area contributed by atoms with Gasteiger partial charge < -0.3 is 9.80 Å². The van der Waals surface area contributed by atoms with Crippen molar-refractivity contribution in [2.75, 3.05) is 53.4 Å². The number of hydrogen-bond donors (Lipinski definition) is 0. The van der Waals surface area contributed by atoms with Gasteiger partial charge in [-0.1, -0.05) is 46.3 Å². The third-order valence-corrected chi connectivity index (χ3v) is 5.85. The van der Waals surface area contributed by atoms with Crippen LogP contribution in [0.4, 0.5) is 0 Å². The standard InChI is InChI=1S/C21H41N3/c1-20(2,3)18-8-12-23(13-9-18)16-21(4,5)17-24-14-10-19(11-15-24)22(6)7/h8,19H,9-17H2,1-7H3. The zero-order valence-electron chi connectivity index (χ0n) is 17.4. The molecule has 0 aromatic rings. The van der Waals surface area contributed by atoms with Crippen molar-refractivity contribution in [3.63, 3.8) is 0 Å². The summed E-state index contributed by atoms with van der Waals surface area (Å²) >= 11 is 0. The molecule has 0 spiro atoms. The second kappa shape index (κ2) is 7.88. The van der Waals surface area contributed by atoms with E-state index in [1.54, 1.807) is 5.57 Å². The molecule has 0 aromatic heterocycles. The van der Waals surface area contributed by atoms with Crippen molar-refractivity contribution in [1.82, 2.24) is 14.7 Å². The summed E-state index contributed by atoms with van der Waals surface area (Å²) in [7, 11) is 4.44. The van der Waals surface area contributed by atoms with E-state index in [1.165, 1.54) is 52.0 Å². The van der Waals surface area contributed by atoms with E-state index in [0.29, 0.717) is 10.8 Å². The van der Waals surface area contributed by atoms with Crippen LogP contribution in [0.3, 0.4) is 0 Å². The van der Waals surface area contributed by atoms with Crippen molar-refractivity contribution in [1.29, 1.82) is 0 Å². The van der Waals surface area contributed by atoms with Gasteiger partial charge in [0.15, 0.2) is 0 Å². The van der Waals surface area contributed by atoms with Gasteiger partial charge >= 0.3 is 0 Å². The van der Waals surface area contributed by atoms with Gasteiger partial charge in [-0.25, -0.2) is 0 Å². The molecule has 1 saturated heterocycles. The van der Waals surface area contributed by atoms with E-state index >= 15 is 0 Å². The summed E-state index contributed by atoms with van der Waals surface area (Å²) in [4.78, 5) is 7.75. The van der Waals surface area contributed by atoms with Crippen LogP contribution < -0.4 is 0 Å². The van der Waals surface area contributed by atoms with Crippen molar-refractivity contribution < 1.29 is 0 Å². The van der Waals surface area contributed by atoms with Crippen LogP contribution in [0.5, 0.6) is 0 Å². The van der Waals surface area contributed by atoms with Crippen LogP contribution in [0, 0.1) is 10.8 Å². The molecule has 0 radical (unpaired) electrons. The summed E-state index contributed by atoms with van der Waals surface area (Å²) in [5.74, 6) is 0. The number of hydrogen-bond acceptors (Lipinski definition) is 3. The maximum atomic E-state index is 2.69. The highest BCUT2D eigenvalue weighted by Crippen LogP contribution is 2.31. The summed E-state index contributed by atoms with van der Waals surface area (Å²) in [5, 5.41) is 0. The van der Waals surface area contributed by atoms with E-state index in [0.717, 1.165) is 12.6 Å². The number of rotatable bonds is 5. The smallest absolute Gasteiger partial charge is 0.0166 e. The fourth-order valence-corrected chi connectivity index (χ4v) is 4.39. The molecule has 0 amide bonds. The highest BCUT2D eigenvalue weighted by atomic mass is 15.2. The molecule has 0 N–H and O–H groups in total. The highest BCUT2D eigenvalue weighted by molar-refractivity contribution is 5.14. The molecule has 3 heteroatoms. The highest BCUT2D eigenvalue weighted by Gasteiger charge is 2.29. The number of nitrogens with zero attached hydrogens (tertiary/aromatic N) is 3. The molecule has 2 rings (SSSR count). The molecule has 0 unspecified atom stereocenters. The van der Waals surface area contributed by atoms with Crippen LogP contribution >= 0.6 is 0 Å². The fraction of sp³-hybridized carbons (Fsp3) is 0.905. The second-order valence-electron chi connectivity index (χ2n) is 10.1. The Morgan fingerprint density at radius 2 is 1.54 bits per heavy atom. The largest absolute Gasteiger partial charge is 0.306 e. The van der Waals surface area contributed by atoms with Crippen LogP contribution in [-0.2, 0) is 0 Å². The van der Waals surface area contributed by atoms with Gasteiger partial charge in [0.2, 0.25) is 0 Å². The zero-order chi connectivity index (χ0) is 18.0. The van der Waals surface area contributed by atoms with Gasteiger partial charge in [0.05, 0.1) is 0 Å². The molecule has 0 atom stereocenters. The third-order valence-electron chi connectivity index (χ3n) is 5.85. The molecule has 3 nitrogen and oxygen atoms in total. The second-order valence-corrected chi connectivity index (χ2v) is 10.1. The normalized spacial score (nSPS) is 22.9. The van der Waals surface area contributed by atoms with Crippen molar-refractivity contribution >= 4 is 0 Å². The van der Waals surface area contributed by atoms with E-state index in [-0.39, 0.29) is 0 Å². The van der Waals surface area contributed by atoms with Crippen LogP contribution in [0.1, 0.15) is 53.9 Å². The minimum atomic E-state index is 0.346. The number of piperidine rings is 1. The predicted molar refractivity (Wildman–Crippen MR) is 106 cm³/mol. The Morgan fingerprint density at radius 3 is 2.00 bits per heavy atom. The average Bonchev–Trinajstić information content (AvgIpc) is 2.46. The lowest BCUT2D eigenvalue weighted by molar-refractivity contribution is 0.0856. The maximum Gasteiger partial charge on any atom is 0.0166 e. The first-order valence-corrected chi connectivity index (χ1v) is 9.87. The van der Waals surface area contributed by atoms with Crippen molar-refractivity contribution in [2.24, 2.45) is 10.8 Å². The first-order valence-electron chi connectivity index (χ1n) is 9.87. The summed E-state index contributed by atoms with van der Waals surface area (Å²) in [6.45, 7) is 19.3. The summed E-state index contributed by atoms with van der Waals surface area (Å²) in [6.07, 6.45) is 6.38. The van der Waals surface area contributed by atoms with Crippen LogP contribution in [0.25, 0.3) is 0 Å². The Balaban J connectivity index is 1.79. The monoisotopic (exact) mass is 335 g/mol. The van der Waals surface area contributed by atoms with Gasteiger partial charge in [-0.05, 0) is 57.3 Å². The Morgan fingerprint density at radius 1 is 0.958 bits per heavy atom. The molecule has 0 aliphatic carbocycles. The van der Waals surface area contributed by atoms with E-state index in [2.05, 4.69) is 69.5 Å². The van der Waals surface area contributed by atoms with Gasteiger partial charge in [0.25, 0.3) is 0 Å². The molecule has 1 fully saturated rings. The Labute approximate surface area is 151 Å². The van der Waals surface area contributed by atoms with Gasteiger partial charge in [0.1, 0.15) is 0 Å². The first kappa shape index (κ1) is 19.9. The van der Waals surface area contributed by atoms with E-state index < -0.39 is 0 Å². The third kappa shape index (κ3) is 5.86. The minimum Gasteiger partial charge on any atom is -0.306 e. The topological polar surface area (TPSA) is 9.72 Å². The lowest BCUT2D eigenvalue weighted by atomic mass is 9.82. The Bertz CT molecular complexity index is 423. The average molecular weight is 336 g/mol. The van der Waals surface area contributed by atoms with Gasteiger partial charge in [-0.15, -0.1) is 0 Å². The van der Waals surface area contributed by atoms with E-state index in [4.69, 9.17) is 0 Å². The Hall–Kier alpha value is -0.380. The molecular formula is C21H41N3. The first-order chi connectivity index (χ1) is 11.1. The molecule has 2 aliphatic rings. The zero-order valence-corrected chi connectivity index (χ0v) is 17.4. The number of likely N-dealkylation sites (tertiary alicyclic amines) is 1.